The van der Waals surface area contributed by atoms with Gasteiger partial charge in [0.2, 0.25) is 0 Å². The molecule has 1 saturated carbocycles. The lowest BCUT2D eigenvalue weighted by Crippen LogP contribution is -2.50. The van der Waals surface area contributed by atoms with Crippen molar-refractivity contribution in [3.05, 3.63) is 60.4 Å². The predicted octanol–water partition coefficient (Wildman–Crippen LogP) is 4.43. The molecule has 0 aliphatic heterocycles. The summed E-state index contributed by atoms with van der Waals surface area (Å²) in [6.07, 6.45) is 6.07. The van der Waals surface area contributed by atoms with Crippen LogP contribution in [0.2, 0.25) is 0 Å². The number of ether oxygens (including phenoxy) is 1. The van der Waals surface area contributed by atoms with Crippen LogP contribution in [0, 0.1) is 0 Å². The van der Waals surface area contributed by atoms with Crippen LogP contribution in [0.4, 0.5) is 15.4 Å². The Balaban J connectivity index is 1.46. The maximum absolute atomic E-state index is 13.4. The van der Waals surface area contributed by atoms with E-state index in [1.807, 2.05) is 76.5 Å². The first-order valence-electron chi connectivity index (χ1n) is 12.6. The summed E-state index contributed by atoms with van der Waals surface area (Å²) in [5.74, 6) is 0.488. The van der Waals surface area contributed by atoms with Crippen molar-refractivity contribution in [1.29, 1.82) is 0 Å². The van der Waals surface area contributed by atoms with Gasteiger partial charge in [-0.1, -0.05) is 30.3 Å². The van der Waals surface area contributed by atoms with Gasteiger partial charge in [-0.2, -0.15) is 5.10 Å². The van der Waals surface area contributed by atoms with Crippen molar-refractivity contribution in [3.63, 3.8) is 0 Å². The Bertz CT molecular complexity index is 1180. The van der Waals surface area contributed by atoms with Crippen molar-refractivity contribution < 1.29 is 14.3 Å². The summed E-state index contributed by atoms with van der Waals surface area (Å²) in [5, 5.41) is 19.0. The van der Waals surface area contributed by atoms with E-state index in [1.165, 1.54) is 0 Å². The fourth-order valence-corrected chi connectivity index (χ4v) is 4.43. The molecule has 2 heterocycles. The highest BCUT2D eigenvalue weighted by molar-refractivity contribution is 5.91. The fraction of sp³-hybridized carbons (Fsp3) is 0.444. The second-order valence-corrected chi connectivity index (χ2v) is 10.3. The van der Waals surface area contributed by atoms with Crippen LogP contribution in [0.5, 0.6) is 0 Å². The zero-order valence-corrected chi connectivity index (χ0v) is 21.8. The van der Waals surface area contributed by atoms with Crippen LogP contribution in [0.3, 0.4) is 0 Å². The second kappa shape index (κ2) is 11.4. The molecular weight excluding hydrogens is 470 g/mol. The Morgan fingerprint density at radius 3 is 2.38 bits per heavy atom. The fourth-order valence-electron chi connectivity index (χ4n) is 4.43. The molecule has 1 aromatic carbocycles. The third-order valence-electron chi connectivity index (χ3n) is 6.19. The average Bonchev–Trinajstić information content (AvgIpc) is 3.30. The number of nitrogens with zero attached hydrogens (tertiary/aromatic N) is 5. The van der Waals surface area contributed by atoms with E-state index in [-0.39, 0.29) is 18.1 Å². The van der Waals surface area contributed by atoms with Gasteiger partial charge in [0.15, 0.2) is 5.82 Å². The summed E-state index contributed by atoms with van der Waals surface area (Å²) in [7, 11) is 1.85. The van der Waals surface area contributed by atoms with E-state index < -0.39 is 11.7 Å². The molecule has 2 N–H and O–H groups in total. The highest BCUT2D eigenvalue weighted by atomic mass is 16.6. The van der Waals surface area contributed by atoms with E-state index >= 15 is 0 Å². The van der Waals surface area contributed by atoms with Crippen molar-refractivity contribution >= 4 is 17.9 Å². The molecule has 10 nitrogen and oxygen atoms in total. The van der Waals surface area contributed by atoms with Crippen LogP contribution in [0.15, 0.2) is 54.9 Å². The number of hydrogen-bond donors (Lipinski definition) is 2. The number of aryl methyl sites for hydroxylation is 1. The number of urea groups is 1. The standard InChI is InChI=1S/C27H35N7O3/c1-27(2,3)37-26(36)30-21-10-12-22(13-11-21)34(25(35)28-16-19-8-6-5-7-9-19)24-15-14-23(31-32-24)20-17-29-33(4)18-20/h5-9,14-15,17-18,21-22H,10-13,16H2,1-4H3,(H,28,35)(H,30,36). The quantitative estimate of drug-likeness (QED) is 0.512. The van der Waals surface area contributed by atoms with Crippen LogP contribution in [-0.4, -0.2) is 49.8 Å². The highest BCUT2D eigenvalue weighted by Crippen LogP contribution is 2.28. The lowest BCUT2D eigenvalue weighted by Gasteiger charge is -2.36. The molecule has 0 bridgehead atoms. The van der Waals surface area contributed by atoms with Crippen LogP contribution in [0.25, 0.3) is 11.3 Å². The van der Waals surface area contributed by atoms with Gasteiger partial charge in [0.05, 0.1) is 11.9 Å². The minimum Gasteiger partial charge on any atom is -0.444 e. The minimum absolute atomic E-state index is 0.000583. The molecule has 1 fully saturated rings. The number of nitrogens with one attached hydrogen (secondary N) is 2. The zero-order chi connectivity index (χ0) is 26.4. The van der Waals surface area contributed by atoms with Gasteiger partial charge in [-0.25, -0.2) is 9.59 Å². The van der Waals surface area contributed by atoms with Crippen LogP contribution < -0.4 is 15.5 Å². The molecule has 10 heteroatoms. The first-order chi connectivity index (χ1) is 17.7. The van der Waals surface area contributed by atoms with Gasteiger partial charge >= 0.3 is 12.1 Å². The zero-order valence-electron chi connectivity index (χ0n) is 21.8. The molecular formula is C27H35N7O3. The van der Waals surface area contributed by atoms with Gasteiger partial charge < -0.3 is 15.4 Å². The molecule has 3 amide bonds. The largest absolute Gasteiger partial charge is 0.444 e. The molecule has 4 rings (SSSR count). The molecule has 37 heavy (non-hydrogen) atoms. The van der Waals surface area contributed by atoms with Crippen LogP contribution in [-0.2, 0) is 18.3 Å². The maximum atomic E-state index is 13.4. The molecule has 0 saturated heterocycles. The normalized spacial score (nSPS) is 17.6. The number of anilines is 1. The second-order valence-electron chi connectivity index (χ2n) is 10.3. The van der Waals surface area contributed by atoms with Gasteiger partial charge in [-0.05, 0) is 64.2 Å². The monoisotopic (exact) mass is 505 g/mol. The molecule has 1 aliphatic carbocycles. The van der Waals surface area contributed by atoms with Crippen molar-refractivity contribution in [1.82, 2.24) is 30.6 Å². The number of rotatable bonds is 6. The number of amides is 3. The summed E-state index contributed by atoms with van der Waals surface area (Å²) in [4.78, 5) is 27.3. The Morgan fingerprint density at radius 2 is 1.78 bits per heavy atom. The number of carbonyl (C=O) groups excluding carboxylic acids is 2. The SMILES string of the molecule is Cn1cc(-c2ccc(N(C(=O)NCc3ccccc3)C3CCC(NC(=O)OC(C)(C)C)CC3)nn2)cn1. The molecule has 196 valence electrons. The summed E-state index contributed by atoms with van der Waals surface area (Å²) < 4.78 is 7.10. The Morgan fingerprint density at radius 1 is 1.05 bits per heavy atom. The minimum atomic E-state index is -0.546. The molecule has 0 spiro atoms. The molecule has 0 radical (unpaired) electrons. The van der Waals surface area contributed by atoms with E-state index in [0.29, 0.717) is 30.9 Å². The molecule has 0 atom stereocenters. The van der Waals surface area contributed by atoms with Gasteiger partial charge in [-0.15, -0.1) is 10.2 Å². The maximum Gasteiger partial charge on any atom is 0.407 e. The first kappa shape index (κ1) is 26.1. The summed E-state index contributed by atoms with van der Waals surface area (Å²) in [5.41, 5.74) is 2.01. The van der Waals surface area contributed by atoms with E-state index in [2.05, 4.69) is 25.9 Å². The van der Waals surface area contributed by atoms with Gasteiger partial charge in [0.25, 0.3) is 0 Å². The molecule has 2 aromatic heterocycles. The van der Waals surface area contributed by atoms with E-state index in [0.717, 1.165) is 24.0 Å². The number of alkyl carbamates (subject to hydrolysis) is 1. The van der Waals surface area contributed by atoms with Gasteiger partial charge in [0, 0.05) is 37.4 Å². The van der Waals surface area contributed by atoms with Crippen molar-refractivity contribution in [2.75, 3.05) is 4.90 Å². The summed E-state index contributed by atoms with van der Waals surface area (Å²) in [6.45, 7) is 5.94. The summed E-state index contributed by atoms with van der Waals surface area (Å²) >= 11 is 0. The van der Waals surface area contributed by atoms with Crippen LogP contribution in [0.1, 0.15) is 52.0 Å². The van der Waals surface area contributed by atoms with Gasteiger partial charge in [-0.3, -0.25) is 9.58 Å². The van der Waals surface area contributed by atoms with Crippen molar-refractivity contribution in [2.45, 2.75) is 70.7 Å². The Labute approximate surface area is 217 Å². The lowest BCUT2D eigenvalue weighted by molar-refractivity contribution is 0.0491. The molecule has 1 aliphatic rings. The van der Waals surface area contributed by atoms with Crippen molar-refractivity contribution in [2.24, 2.45) is 7.05 Å². The Hall–Kier alpha value is -3.95. The summed E-state index contributed by atoms with van der Waals surface area (Å²) in [6, 6.07) is 13.2. The van der Waals surface area contributed by atoms with E-state index in [1.54, 1.807) is 15.8 Å². The molecule has 0 unspecified atom stereocenters. The van der Waals surface area contributed by atoms with E-state index in [9.17, 15) is 9.59 Å². The molecule has 3 aromatic rings. The highest BCUT2D eigenvalue weighted by Gasteiger charge is 2.32. The first-order valence-corrected chi connectivity index (χ1v) is 12.6. The van der Waals surface area contributed by atoms with E-state index in [4.69, 9.17) is 4.74 Å². The van der Waals surface area contributed by atoms with Gasteiger partial charge in [0.1, 0.15) is 5.60 Å². The predicted molar refractivity (Wildman–Crippen MR) is 141 cm³/mol. The van der Waals surface area contributed by atoms with Crippen LogP contribution >= 0.6 is 0 Å². The van der Waals surface area contributed by atoms with Crippen molar-refractivity contribution in [3.8, 4) is 11.3 Å². The number of carbonyl (C=O) groups is 2. The number of aromatic nitrogens is 4. The lowest BCUT2D eigenvalue weighted by atomic mass is 9.90. The number of hydrogen-bond acceptors (Lipinski definition) is 6. The smallest absolute Gasteiger partial charge is 0.407 e. The third kappa shape index (κ3) is 7.28. The average molecular weight is 506 g/mol. The Kier molecular flexibility index (Phi) is 8.05. The third-order valence-corrected chi connectivity index (χ3v) is 6.19. The number of benzene rings is 1. The topological polar surface area (TPSA) is 114 Å².